The van der Waals surface area contributed by atoms with E-state index in [1.54, 1.807) is 13.0 Å². The van der Waals surface area contributed by atoms with Crippen molar-refractivity contribution < 1.29 is 8.78 Å². The van der Waals surface area contributed by atoms with E-state index in [4.69, 9.17) is 5.26 Å². The summed E-state index contributed by atoms with van der Waals surface area (Å²) >= 11 is 3.20. The van der Waals surface area contributed by atoms with Crippen LogP contribution >= 0.6 is 15.9 Å². The van der Waals surface area contributed by atoms with Crippen LogP contribution in [-0.2, 0) is 5.33 Å². The molecule has 0 bridgehead atoms. The molecule has 0 spiro atoms. The van der Waals surface area contributed by atoms with Crippen LogP contribution in [0.5, 0.6) is 0 Å². The third-order valence-electron chi connectivity index (χ3n) is 1.82. The van der Waals surface area contributed by atoms with Gasteiger partial charge < -0.3 is 0 Å². The van der Waals surface area contributed by atoms with Crippen molar-refractivity contribution >= 4 is 15.9 Å². The number of rotatable bonds is 2. The summed E-state index contributed by atoms with van der Waals surface area (Å²) in [5.74, 6) is 0. The molecular weight excluding hydrogens is 254 g/mol. The van der Waals surface area contributed by atoms with Crippen LogP contribution in [-0.4, -0.2) is 4.98 Å². The molecule has 0 saturated carbocycles. The molecule has 0 N–H and O–H groups in total. The lowest BCUT2D eigenvalue weighted by molar-refractivity contribution is 0.145. The molecule has 0 saturated heterocycles. The first-order chi connectivity index (χ1) is 6.60. The SMILES string of the molecule is Cc1nc(C(F)F)c(C#N)cc1CBr. The molecule has 1 aromatic heterocycles. The van der Waals surface area contributed by atoms with Crippen LogP contribution in [0.1, 0.15) is 28.9 Å². The van der Waals surface area contributed by atoms with E-state index in [0.29, 0.717) is 11.0 Å². The Kier molecular flexibility index (Phi) is 3.53. The van der Waals surface area contributed by atoms with E-state index in [-0.39, 0.29) is 5.56 Å². The van der Waals surface area contributed by atoms with Gasteiger partial charge in [-0.1, -0.05) is 15.9 Å². The summed E-state index contributed by atoms with van der Waals surface area (Å²) in [4.78, 5) is 3.71. The third kappa shape index (κ3) is 2.07. The lowest BCUT2D eigenvalue weighted by Gasteiger charge is -2.06. The topological polar surface area (TPSA) is 36.7 Å². The number of hydrogen-bond donors (Lipinski definition) is 0. The fourth-order valence-corrected chi connectivity index (χ4v) is 1.62. The van der Waals surface area contributed by atoms with Gasteiger partial charge >= 0.3 is 0 Å². The number of nitriles is 1. The highest BCUT2D eigenvalue weighted by atomic mass is 79.9. The minimum Gasteiger partial charge on any atom is -0.250 e. The summed E-state index contributed by atoms with van der Waals surface area (Å²) in [6, 6.07) is 3.16. The first-order valence-corrected chi connectivity index (χ1v) is 4.97. The van der Waals surface area contributed by atoms with Crippen molar-refractivity contribution in [2.75, 3.05) is 0 Å². The highest BCUT2D eigenvalue weighted by molar-refractivity contribution is 9.08. The van der Waals surface area contributed by atoms with Crippen LogP contribution in [0.4, 0.5) is 8.78 Å². The molecule has 0 fully saturated rings. The zero-order valence-electron chi connectivity index (χ0n) is 7.39. The summed E-state index contributed by atoms with van der Waals surface area (Å²) < 4.78 is 24.8. The molecule has 0 unspecified atom stereocenters. The van der Waals surface area contributed by atoms with Gasteiger partial charge in [-0.3, -0.25) is 4.98 Å². The summed E-state index contributed by atoms with van der Waals surface area (Å²) in [5, 5.41) is 9.14. The molecule has 2 nitrogen and oxygen atoms in total. The van der Waals surface area contributed by atoms with E-state index in [2.05, 4.69) is 20.9 Å². The monoisotopic (exact) mass is 260 g/mol. The van der Waals surface area contributed by atoms with Crippen LogP contribution in [0.15, 0.2) is 6.07 Å². The maximum Gasteiger partial charge on any atom is 0.281 e. The molecule has 1 rings (SSSR count). The van der Waals surface area contributed by atoms with Crippen molar-refractivity contribution in [2.24, 2.45) is 0 Å². The second-order valence-electron chi connectivity index (χ2n) is 2.71. The van der Waals surface area contributed by atoms with Crippen LogP contribution in [0, 0.1) is 18.3 Å². The summed E-state index contributed by atoms with van der Waals surface area (Å²) in [7, 11) is 0. The average Bonchev–Trinajstić information content (AvgIpc) is 2.17. The standard InChI is InChI=1S/C9H7BrF2N2/c1-5-6(3-10)2-7(4-13)8(14-5)9(11)12/h2,9H,3H2,1H3. The number of halogens is 3. The maximum absolute atomic E-state index is 12.4. The van der Waals surface area contributed by atoms with Gasteiger partial charge in [-0.25, -0.2) is 8.78 Å². The molecule has 5 heteroatoms. The Labute approximate surface area is 88.7 Å². The Balaban J connectivity index is 3.33. The van der Waals surface area contributed by atoms with E-state index in [1.165, 1.54) is 6.07 Å². The maximum atomic E-state index is 12.4. The van der Waals surface area contributed by atoms with Gasteiger partial charge in [-0.2, -0.15) is 5.26 Å². The minimum atomic E-state index is -2.70. The lowest BCUT2D eigenvalue weighted by atomic mass is 10.1. The first kappa shape index (κ1) is 11.1. The van der Waals surface area contributed by atoms with Gasteiger partial charge in [0.25, 0.3) is 6.43 Å². The zero-order valence-corrected chi connectivity index (χ0v) is 8.98. The Morgan fingerprint density at radius 3 is 2.71 bits per heavy atom. The molecule has 0 aliphatic rings. The second kappa shape index (κ2) is 4.47. The van der Waals surface area contributed by atoms with Gasteiger partial charge in [-0.05, 0) is 18.6 Å². The molecule has 14 heavy (non-hydrogen) atoms. The molecule has 0 aliphatic heterocycles. The number of nitrogens with zero attached hydrogens (tertiary/aromatic N) is 2. The number of hydrogen-bond acceptors (Lipinski definition) is 2. The summed E-state index contributed by atoms with van der Waals surface area (Å²) in [6.45, 7) is 1.64. The quantitative estimate of drug-likeness (QED) is 0.767. The predicted molar refractivity (Wildman–Crippen MR) is 51.3 cm³/mol. The van der Waals surface area contributed by atoms with Crippen molar-refractivity contribution in [3.8, 4) is 6.07 Å². The van der Waals surface area contributed by atoms with Crippen LogP contribution in [0.25, 0.3) is 0 Å². The Hall–Kier alpha value is -1.02. The van der Waals surface area contributed by atoms with Crippen molar-refractivity contribution in [1.29, 1.82) is 5.26 Å². The van der Waals surface area contributed by atoms with Gasteiger partial charge in [0.15, 0.2) is 0 Å². The number of alkyl halides is 3. The molecule has 0 aromatic carbocycles. The van der Waals surface area contributed by atoms with Gasteiger partial charge in [0.05, 0.1) is 5.56 Å². The predicted octanol–water partition coefficient (Wildman–Crippen LogP) is 3.09. The Morgan fingerprint density at radius 1 is 1.64 bits per heavy atom. The normalized spacial score (nSPS) is 10.3. The number of aryl methyl sites for hydroxylation is 1. The number of pyridine rings is 1. The van der Waals surface area contributed by atoms with Gasteiger partial charge in [0.1, 0.15) is 11.8 Å². The van der Waals surface area contributed by atoms with E-state index in [1.807, 2.05) is 0 Å². The highest BCUT2D eigenvalue weighted by Gasteiger charge is 2.16. The van der Waals surface area contributed by atoms with Crippen LogP contribution in [0.3, 0.4) is 0 Å². The molecule has 0 aliphatic carbocycles. The lowest BCUT2D eigenvalue weighted by Crippen LogP contribution is -2.00. The molecular formula is C9H7BrF2N2. The van der Waals surface area contributed by atoms with Crippen molar-refractivity contribution in [2.45, 2.75) is 18.7 Å². The summed E-state index contributed by atoms with van der Waals surface area (Å²) in [5.41, 5.74) is 0.789. The number of aromatic nitrogens is 1. The molecule has 0 amide bonds. The van der Waals surface area contributed by atoms with E-state index >= 15 is 0 Å². The Bertz CT molecular complexity index is 385. The third-order valence-corrected chi connectivity index (χ3v) is 2.42. The largest absolute Gasteiger partial charge is 0.281 e. The molecule has 0 atom stereocenters. The second-order valence-corrected chi connectivity index (χ2v) is 3.27. The van der Waals surface area contributed by atoms with Gasteiger partial charge in [-0.15, -0.1) is 0 Å². The van der Waals surface area contributed by atoms with E-state index in [9.17, 15) is 8.78 Å². The smallest absolute Gasteiger partial charge is 0.250 e. The fourth-order valence-electron chi connectivity index (χ4n) is 1.06. The van der Waals surface area contributed by atoms with Crippen molar-refractivity contribution in [1.82, 2.24) is 4.98 Å². The molecule has 74 valence electrons. The van der Waals surface area contributed by atoms with Gasteiger partial charge in [0, 0.05) is 11.0 Å². The van der Waals surface area contributed by atoms with E-state index in [0.717, 1.165) is 5.56 Å². The summed E-state index contributed by atoms with van der Waals surface area (Å²) in [6.07, 6.45) is -2.70. The molecule has 0 radical (unpaired) electrons. The average molecular weight is 261 g/mol. The van der Waals surface area contributed by atoms with Crippen LogP contribution < -0.4 is 0 Å². The van der Waals surface area contributed by atoms with Crippen molar-refractivity contribution in [3.63, 3.8) is 0 Å². The molecule has 1 heterocycles. The highest BCUT2D eigenvalue weighted by Crippen LogP contribution is 2.23. The minimum absolute atomic E-state index is 0.0555. The fraction of sp³-hybridized carbons (Fsp3) is 0.333. The molecule has 1 aromatic rings. The van der Waals surface area contributed by atoms with E-state index < -0.39 is 12.1 Å². The van der Waals surface area contributed by atoms with Crippen molar-refractivity contribution in [3.05, 3.63) is 28.6 Å². The van der Waals surface area contributed by atoms with Crippen LogP contribution in [0.2, 0.25) is 0 Å². The van der Waals surface area contributed by atoms with Gasteiger partial charge in [0.2, 0.25) is 0 Å². The Morgan fingerprint density at radius 2 is 2.29 bits per heavy atom. The first-order valence-electron chi connectivity index (χ1n) is 3.84. The zero-order chi connectivity index (χ0) is 10.7.